The molecule has 0 N–H and O–H groups in total. The van der Waals surface area contributed by atoms with Gasteiger partial charge >= 0.3 is 5.97 Å². The highest BCUT2D eigenvalue weighted by Crippen LogP contribution is 2.48. The van der Waals surface area contributed by atoms with E-state index in [1.165, 1.54) is 17.5 Å². The summed E-state index contributed by atoms with van der Waals surface area (Å²) in [5.74, 6) is 0.891. The molecule has 0 saturated carbocycles. The van der Waals surface area contributed by atoms with E-state index < -0.39 is 0 Å². The Morgan fingerprint density at radius 1 is 1.31 bits per heavy atom. The Labute approximate surface area is 94.9 Å². The molecule has 1 aromatic rings. The predicted octanol–water partition coefficient (Wildman–Crippen LogP) is 3.00. The first-order valence-corrected chi connectivity index (χ1v) is 5.79. The molecule has 0 amide bonds. The highest BCUT2D eigenvalue weighted by molar-refractivity contribution is 5.90. The molecule has 0 aromatic heterocycles. The number of hydrogen-bond acceptors (Lipinski definition) is 2. The number of carbonyl (C=O) groups excluding carboxylic acids is 1. The minimum atomic E-state index is -0.211. The van der Waals surface area contributed by atoms with Crippen molar-refractivity contribution < 1.29 is 9.53 Å². The molecule has 1 aromatic carbocycles. The number of rotatable bonds is 2. The first kappa shape index (κ1) is 9.64. The number of ether oxygens (including phenoxy) is 1. The van der Waals surface area contributed by atoms with E-state index in [9.17, 15) is 4.79 Å². The average Bonchev–Trinajstić information content (AvgIpc) is 2.90. The van der Waals surface area contributed by atoms with E-state index in [0.29, 0.717) is 24.0 Å². The first-order chi connectivity index (χ1) is 7.79. The van der Waals surface area contributed by atoms with E-state index in [1.807, 2.05) is 19.1 Å². The molecule has 0 saturated heterocycles. The van der Waals surface area contributed by atoms with Crippen LogP contribution in [0.25, 0.3) is 0 Å². The Hall–Kier alpha value is -1.57. The van der Waals surface area contributed by atoms with E-state index in [-0.39, 0.29) is 5.97 Å². The van der Waals surface area contributed by atoms with Crippen LogP contribution < -0.4 is 0 Å². The summed E-state index contributed by atoms with van der Waals surface area (Å²) in [4.78, 5) is 11.6. The number of carbonyl (C=O) groups is 1. The minimum Gasteiger partial charge on any atom is -0.462 e. The van der Waals surface area contributed by atoms with Crippen LogP contribution in [-0.2, 0) is 4.74 Å². The van der Waals surface area contributed by atoms with Crippen LogP contribution in [-0.4, -0.2) is 12.6 Å². The summed E-state index contributed by atoms with van der Waals surface area (Å²) in [5, 5.41) is 0. The minimum absolute atomic E-state index is 0.211. The topological polar surface area (TPSA) is 26.3 Å². The Bertz CT molecular complexity index is 474. The van der Waals surface area contributed by atoms with Crippen molar-refractivity contribution in [1.29, 1.82) is 0 Å². The van der Waals surface area contributed by atoms with E-state index >= 15 is 0 Å². The number of allylic oxidation sites excluding steroid dienone is 2. The van der Waals surface area contributed by atoms with Gasteiger partial charge in [-0.3, -0.25) is 0 Å². The average molecular weight is 214 g/mol. The largest absolute Gasteiger partial charge is 0.462 e. The molecule has 2 heteroatoms. The van der Waals surface area contributed by atoms with Gasteiger partial charge in [-0.15, -0.1) is 0 Å². The fourth-order valence-corrected chi connectivity index (χ4v) is 2.74. The lowest BCUT2D eigenvalue weighted by Gasteiger charge is -2.11. The van der Waals surface area contributed by atoms with Gasteiger partial charge in [0.2, 0.25) is 0 Å². The normalized spacial score (nSPS) is 24.6. The maximum Gasteiger partial charge on any atom is 0.338 e. The fourth-order valence-electron chi connectivity index (χ4n) is 2.74. The molecule has 2 aliphatic rings. The lowest BCUT2D eigenvalue weighted by molar-refractivity contribution is 0.0526. The van der Waals surface area contributed by atoms with E-state index in [0.717, 1.165) is 0 Å². The lowest BCUT2D eigenvalue weighted by atomic mass is 9.95. The monoisotopic (exact) mass is 214 g/mol. The maximum absolute atomic E-state index is 11.6. The quantitative estimate of drug-likeness (QED) is 0.558. The highest BCUT2D eigenvalue weighted by Gasteiger charge is 2.32. The van der Waals surface area contributed by atoms with Gasteiger partial charge in [0.15, 0.2) is 0 Å². The van der Waals surface area contributed by atoms with Gasteiger partial charge in [-0.05, 0) is 36.6 Å². The molecule has 2 nitrogen and oxygen atoms in total. The summed E-state index contributed by atoms with van der Waals surface area (Å²) in [6, 6.07) is 5.96. The summed E-state index contributed by atoms with van der Waals surface area (Å²) in [6.45, 7) is 2.26. The summed E-state index contributed by atoms with van der Waals surface area (Å²) < 4.78 is 5.01. The molecule has 2 bridgehead atoms. The van der Waals surface area contributed by atoms with Gasteiger partial charge in [-0.25, -0.2) is 4.79 Å². The third-order valence-electron chi connectivity index (χ3n) is 3.48. The van der Waals surface area contributed by atoms with Gasteiger partial charge in [0.05, 0.1) is 12.2 Å². The van der Waals surface area contributed by atoms with Crippen molar-refractivity contribution in [2.45, 2.75) is 25.2 Å². The zero-order valence-electron chi connectivity index (χ0n) is 9.27. The molecule has 0 heterocycles. The molecule has 2 atom stereocenters. The van der Waals surface area contributed by atoms with Crippen molar-refractivity contribution in [2.24, 2.45) is 0 Å². The maximum atomic E-state index is 11.6. The van der Waals surface area contributed by atoms with Crippen LogP contribution in [0.5, 0.6) is 0 Å². The van der Waals surface area contributed by atoms with E-state index in [1.54, 1.807) is 0 Å². The van der Waals surface area contributed by atoms with Crippen molar-refractivity contribution >= 4 is 5.97 Å². The first-order valence-electron chi connectivity index (χ1n) is 5.79. The zero-order chi connectivity index (χ0) is 11.1. The van der Waals surface area contributed by atoms with Crippen LogP contribution in [0.3, 0.4) is 0 Å². The zero-order valence-corrected chi connectivity index (χ0v) is 9.27. The van der Waals surface area contributed by atoms with Crippen LogP contribution in [0.15, 0.2) is 30.4 Å². The van der Waals surface area contributed by atoms with Crippen molar-refractivity contribution in [3.63, 3.8) is 0 Å². The third kappa shape index (κ3) is 1.29. The van der Waals surface area contributed by atoms with Gasteiger partial charge in [-0.2, -0.15) is 0 Å². The second kappa shape index (κ2) is 3.48. The summed E-state index contributed by atoms with van der Waals surface area (Å²) in [5.41, 5.74) is 3.39. The molecule has 2 aliphatic carbocycles. The third-order valence-corrected chi connectivity index (χ3v) is 3.48. The predicted molar refractivity (Wildman–Crippen MR) is 61.6 cm³/mol. The molecule has 0 radical (unpaired) electrons. The van der Waals surface area contributed by atoms with Crippen LogP contribution in [0.2, 0.25) is 0 Å². The van der Waals surface area contributed by atoms with Crippen molar-refractivity contribution in [1.82, 2.24) is 0 Å². The Kier molecular flexibility index (Phi) is 2.10. The summed E-state index contributed by atoms with van der Waals surface area (Å²) in [6.07, 6.45) is 5.71. The van der Waals surface area contributed by atoms with Gasteiger partial charge in [-0.1, -0.05) is 18.2 Å². The second-order valence-electron chi connectivity index (χ2n) is 4.40. The summed E-state index contributed by atoms with van der Waals surface area (Å²) in [7, 11) is 0. The van der Waals surface area contributed by atoms with Gasteiger partial charge in [0.1, 0.15) is 0 Å². The van der Waals surface area contributed by atoms with Crippen LogP contribution in [0.4, 0.5) is 0 Å². The molecule has 0 spiro atoms. The van der Waals surface area contributed by atoms with Crippen LogP contribution >= 0.6 is 0 Å². The van der Waals surface area contributed by atoms with Crippen molar-refractivity contribution in [3.05, 3.63) is 47.0 Å². The van der Waals surface area contributed by atoms with Crippen molar-refractivity contribution in [2.75, 3.05) is 6.61 Å². The molecule has 0 unspecified atom stereocenters. The SMILES string of the molecule is CCOC(=O)c1ccc2c(c1)[C@@H]1C=C[C@@H]2C1. The number of fused-ring (bicyclic) bond motifs is 5. The highest BCUT2D eigenvalue weighted by atomic mass is 16.5. The standard InChI is InChI=1S/C14H14O2/c1-2-16-14(15)11-5-6-12-9-3-4-10(7-9)13(12)8-11/h3-6,8-10H,2,7H2,1H3/t9-,10-/m1/s1. The molecule has 3 rings (SSSR count). The Morgan fingerprint density at radius 2 is 2.06 bits per heavy atom. The number of hydrogen-bond donors (Lipinski definition) is 0. The Morgan fingerprint density at radius 3 is 2.81 bits per heavy atom. The van der Waals surface area contributed by atoms with Gasteiger partial charge in [0, 0.05) is 11.8 Å². The molecule has 0 fully saturated rings. The smallest absolute Gasteiger partial charge is 0.338 e. The van der Waals surface area contributed by atoms with Crippen molar-refractivity contribution in [3.8, 4) is 0 Å². The van der Waals surface area contributed by atoms with E-state index in [2.05, 4.69) is 18.2 Å². The molecule has 82 valence electrons. The number of benzene rings is 1. The van der Waals surface area contributed by atoms with Gasteiger partial charge in [0.25, 0.3) is 0 Å². The Balaban J connectivity index is 1.96. The molecular formula is C14H14O2. The fraction of sp³-hybridized carbons (Fsp3) is 0.357. The number of esters is 1. The lowest BCUT2D eigenvalue weighted by Crippen LogP contribution is -2.06. The molecule has 0 aliphatic heterocycles. The van der Waals surface area contributed by atoms with E-state index in [4.69, 9.17) is 4.74 Å². The summed E-state index contributed by atoms with van der Waals surface area (Å²) >= 11 is 0. The van der Waals surface area contributed by atoms with Crippen LogP contribution in [0, 0.1) is 0 Å². The van der Waals surface area contributed by atoms with Gasteiger partial charge < -0.3 is 4.74 Å². The second-order valence-corrected chi connectivity index (χ2v) is 4.40. The molecule has 16 heavy (non-hydrogen) atoms. The molecular weight excluding hydrogens is 200 g/mol. The van der Waals surface area contributed by atoms with Crippen LogP contribution in [0.1, 0.15) is 46.7 Å².